The molecule has 2 aromatic carbocycles. The van der Waals surface area contributed by atoms with Gasteiger partial charge in [-0.25, -0.2) is 4.98 Å². The molecule has 1 aromatic heterocycles. The van der Waals surface area contributed by atoms with E-state index in [-0.39, 0.29) is 12.4 Å². The van der Waals surface area contributed by atoms with E-state index in [1.54, 1.807) is 6.20 Å². The van der Waals surface area contributed by atoms with Crippen LogP contribution in [-0.4, -0.2) is 37.7 Å². The Morgan fingerprint density at radius 2 is 1.72 bits per heavy atom. The minimum Gasteiger partial charge on any atom is -0.366 e. The quantitative estimate of drug-likeness (QED) is 0.707. The lowest BCUT2D eigenvalue weighted by Crippen LogP contribution is -2.45. The number of hydrogen-bond acceptors (Lipinski definition) is 5. The van der Waals surface area contributed by atoms with Gasteiger partial charge in [0.25, 0.3) is 0 Å². The van der Waals surface area contributed by atoms with Gasteiger partial charge in [-0.3, -0.25) is 0 Å². The van der Waals surface area contributed by atoms with Crippen LogP contribution in [0.5, 0.6) is 0 Å². The fraction of sp³-hybridized carbons (Fsp3) is 0.304. The van der Waals surface area contributed by atoms with Crippen molar-refractivity contribution in [1.82, 2.24) is 10.3 Å². The molecular weight excluding hydrogens is 382 g/mol. The van der Waals surface area contributed by atoms with Crippen LogP contribution in [0.2, 0.25) is 0 Å². The summed E-state index contributed by atoms with van der Waals surface area (Å²) in [5.41, 5.74) is 4.36. The van der Waals surface area contributed by atoms with Crippen molar-refractivity contribution in [2.75, 3.05) is 42.5 Å². The number of benzene rings is 2. The summed E-state index contributed by atoms with van der Waals surface area (Å²) >= 11 is 0. The van der Waals surface area contributed by atoms with Gasteiger partial charge >= 0.3 is 0 Å². The third kappa shape index (κ3) is 3.50. The molecule has 1 N–H and O–H groups in total. The van der Waals surface area contributed by atoms with E-state index in [1.807, 2.05) is 0 Å². The van der Waals surface area contributed by atoms with E-state index < -0.39 is 0 Å². The summed E-state index contributed by atoms with van der Waals surface area (Å²) in [6.45, 7) is 5.61. The van der Waals surface area contributed by atoms with E-state index in [2.05, 4.69) is 63.7 Å². The first-order chi connectivity index (χ1) is 13.8. The molecule has 0 atom stereocenters. The summed E-state index contributed by atoms with van der Waals surface area (Å²) in [6.07, 6.45) is 2.68. The molecule has 3 aromatic rings. The number of anilines is 2. The summed E-state index contributed by atoms with van der Waals surface area (Å²) in [6, 6.07) is 17.4. The molecule has 0 amide bonds. The highest BCUT2D eigenvalue weighted by atomic mass is 35.5. The summed E-state index contributed by atoms with van der Waals surface area (Å²) < 4.78 is 0. The molecule has 2 aliphatic rings. The van der Waals surface area contributed by atoms with Crippen molar-refractivity contribution in [1.29, 1.82) is 5.26 Å². The zero-order valence-corrected chi connectivity index (χ0v) is 17.1. The smallest absolute Gasteiger partial charge is 0.132 e. The number of rotatable bonds is 2. The topological polar surface area (TPSA) is 55.2 Å². The Morgan fingerprint density at radius 3 is 2.55 bits per heavy atom. The Bertz CT molecular complexity index is 1060. The van der Waals surface area contributed by atoms with Crippen molar-refractivity contribution in [3.8, 4) is 6.07 Å². The molecule has 0 radical (unpaired) electrons. The van der Waals surface area contributed by atoms with E-state index in [0.29, 0.717) is 5.56 Å². The average Bonchev–Trinajstić information content (AvgIpc) is 2.78. The maximum Gasteiger partial charge on any atom is 0.132 e. The number of hydrogen-bond donors (Lipinski definition) is 1. The van der Waals surface area contributed by atoms with Crippen molar-refractivity contribution < 1.29 is 0 Å². The second-order valence-corrected chi connectivity index (χ2v) is 7.47. The summed E-state index contributed by atoms with van der Waals surface area (Å²) in [7, 11) is 0. The minimum absolute atomic E-state index is 0. The molecule has 0 aliphatic carbocycles. The van der Waals surface area contributed by atoms with Crippen molar-refractivity contribution in [3.63, 3.8) is 0 Å². The third-order valence-corrected chi connectivity index (χ3v) is 5.90. The zero-order chi connectivity index (χ0) is 18.9. The fourth-order valence-corrected chi connectivity index (χ4v) is 4.47. The SMILES string of the molecule is Cl.N#Cc1cnc(N2CCNCC2)c2c1CN(c1cccc3ccccc13)CC2. The van der Waals surface area contributed by atoms with Gasteiger partial charge in [-0.15, -0.1) is 12.4 Å². The van der Waals surface area contributed by atoms with Crippen LogP contribution in [0.15, 0.2) is 48.7 Å². The Balaban J connectivity index is 0.00000205. The number of nitrogens with one attached hydrogen (secondary N) is 1. The van der Waals surface area contributed by atoms with Crippen molar-refractivity contribution >= 4 is 34.7 Å². The van der Waals surface area contributed by atoms with Crippen molar-refractivity contribution in [2.45, 2.75) is 13.0 Å². The molecule has 1 fully saturated rings. The number of piperazine rings is 1. The Hall–Kier alpha value is -2.81. The Labute approximate surface area is 177 Å². The van der Waals surface area contributed by atoms with E-state index >= 15 is 0 Å². The highest BCUT2D eigenvalue weighted by molar-refractivity contribution is 5.94. The van der Waals surface area contributed by atoms with Crippen molar-refractivity contribution in [2.24, 2.45) is 0 Å². The number of aromatic nitrogens is 1. The molecule has 2 aliphatic heterocycles. The van der Waals surface area contributed by atoms with E-state index in [0.717, 1.165) is 57.1 Å². The summed E-state index contributed by atoms with van der Waals surface area (Å²) in [4.78, 5) is 9.47. The van der Waals surface area contributed by atoms with Gasteiger partial charge < -0.3 is 15.1 Å². The van der Waals surface area contributed by atoms with Crippen LogP contribution in [0, 0.1) is 11.3 Å². The van der Waals surface area contributed by atoms with E-state index in [1.165, 1.54) is 22.0 Å². The van der Waals surface area contributed by atoms with E-state index in [9.17, 15) is 5.26 Å². The van der Waals surface area contributed by atoms with Gasteiger partial charge in [0.05, 0.1) is 5.56 Å². The predicted octanol–water partition coefficient (Wildman–Crippen LogP) is 3.50. The number of halogens is 1. The molecule has 5 rings (SSSR count). The first kappa shape index (κ1) is 19.5. The Morgan fingerprint density at radius 1 is 0.931 bits per heavy atom. The molecule has 148 valence electrons. The Kier molecular flexibility index (Phi) is 5.57. The van der Waals surface area contributed by atoms with Crippen LogP contribution in [0.4, 0.5) is 11.5 Å². The minimum atomic E-state index is 0. The van der Waals surface area contributed by atoms with Gasteiger partial charge in [-0.2, -0.15) is 5.26 Å². The first-order valence-electron chi connectivity index (χ1n) is 9.94. The van der Waals surface area contributed by atoms with Crippen LogP contribution >= 0.6 is 12.4 Å². The van der Waals surface area contributed by atoms with Crippen LogP contribution < -0.4 is 15.1 Å². The summed E-state index contributed by atoms with van der Waals surface area (Å²) in [5.74, 6) is 1.08. The second-order valence-electron chi connectivity index (χ2n) is 7.47. The molecule has 29 heavy (non-hydrogen) atoms. The van der Waals surface area contributed by atoms with Crippen LogP contribution in [0.25, 0.3) is 10.8 Å². The number of nitrogens with zero attached hydrogens (tertiary/aromatic N) is 4. The standard InChI is InChI=1S/C23H23N5.ClH/c24-14-18-15-26-23(27-12-9-25-10-13-27)20-8-11-28(16-21(18)20)22-7-3-5-17-4-1-2-6-19(17)22;/h1-7,15,25H,8-13,16H2;1H. The molecule has 1 saturated heterocycles. The molecule has 0 unspecified atom stereocenters. The highest BCUT2D eigenvalue weighted by Gasteiger charge is 2.26. The average molecular weight is 406 g/mol. The number of pyridine rings is 1. The molecular formula is C23H24ClN5. The zero-order valence-electron chi connectivity index (χ0n) is 16.3. The predicted molar refractivity (Wildman–Crippen MR) is 120 cm³/mol. The second kappa shape index (κ2) is 8.28. The highest BCUT2D eigenvalue weighted by Crippen LogP contribution is 2.34. The molecule has 0 bridgehead atoms. The van der Waals surface area contributed by atoms with Crippen LogP contribution in [0.1, 0.15) is 16.7 Å². The molecule has 3 heterocycles. The van der Waals surface area contributed by atoms with Crippen LogP contribution in [-0.2, 0) is 13.0 Å². The molecule has 0 saturated carbocycles. The van der Waals surface area contributed by atoms with Gasteiger partial charge in [0.15, 0.2) is 0 Å². The van der Waals surface area contributed by atoms with Gasteiger partial charge in [0, 0.05) is 62.1 Å². The monoisotopic (exact) mass is 405 g/mol. The first-order valence-corrected chi connectivity index (χ1v) is 9.94. The maximum absolute atomic E-state index is 9.69. The maximum atomic E-state index is 9.69. The van der Waals surface area contributed by atoms with Crippen molar-refractivity contribution in [3.05, 3.63) is 65.4 Å². The molecule has 0 spiro atoms. The molecule has 6 heteroatoms. The summed E-state index contributed by atoms with van der Waals surface area (Å²) in [5, 5.41) is 15.6. The van der Waals surface area contributed by atoms with Gasteiger partial charge in [0.1, 0.15) is 11.9 Å². The van der Waals surface area contributed by atoms with Crippen LogP contribution in [0.3, 0.4) is 0 Å². The van der Waals surface area contributed by atoms with Gasteiger partial charge in [-0.1, -0.05) is 36.4 Å². The number of fused-ring (bicyclic) bond motifs is 2. The lowest BCUT2D eigenvalue weighted by atomic mass is 9.95. The lowest BCUT2D eigenvalue weighted by Gasteiger charge is -2.36. The largest absolute Gasteiger partial charge is 0.366 e. The molecule has 5 nitrogen and oxygen atoms in total. The fourth-order valence-electron chi connectivity index (χ4n) is 4.47. The normalized spacial score (nSPS) is 16.1. The number of nitriles is 1. The lowest BCUT2D eigenvalue weighted by molar-refractivity contribution is 0.580. The van der Waals surface area contributed by atoms with Gasteiger partial charge in [0.2, 0.25) is 0 Å². The third-order valence-electron chi connectivity index (χ3n) is 5.90. The van der Waals surface area contributed by atoms with E-state index in [4.69, 9.17) is 4.98 Å². The van der Waals surface area contributed by atoms with Gasteiger partial charge in [-0.05, 0) is 23.4 Å².